The lowest BCUT2D eigenvalue weighted by atomic mass is 10.1. The molecule has 17 heavy (non-hydrogen) atoms. The summed E-state index contributed by atoms with van der Waals surface area (Å²) in [5.41, 5.74) is -0.181. The molecule has 90 valence electrons. The van der Waals surface area contributed by atoms with Crippen LogP contribution in [0.5, 0.6) is 11.5 Å². The normalized spacial score (nSPS) is 9.82. The number of methoxy groups -OCH3 is 1. The molecule has 0 unspecified atom stereocenters. The lowest BCUT2D eigenvalue weighted by molar-refractivity contribution is -0.386. The zero-order chi connectivity index (χ0) is 13.0. The summed E-state index contributed by atoms with van der Waals surface area (Å²) in [5.74, 6) is 0.234. The van der Waals surface area contributed by atoms with Crippen LogP contribution in [0, 0.1) is 21.4 Å². The van der Waals surface area contributed by atoms with Crippen molar-refractivity contribution in [1.82, 2.24) is 0 Å². The monoisotopic (exact) mass is 236 g/mol. The Bertz CT molecular complexity index is 477. The first-order chi connectivity index (χ1) is 7.99. The van der Waals surface area contributed by atoms with E-state index in [2.05, 4.69) is 0 Å². The molecule has 1 rings (SSSR count). The number of benzene rings is 1. The predicted octanol–water partition coefficient (Wildman–Crippen LogP) is 2.26. The van der Waals surface area contributed by atoms with Gasteiger partial charge in [0.25, 0.3) is 0 Å². The molecule has 0 radical (unpaired) electrons. The molecule has 0 atom stereocenters. The van der Waals surface area contributed by atoms with Crippen LogP contribution < -0.4 is 9.47 Å². The Hall–Kier alpha value is -2.29. The fourth-order valence-electron chi connectivity index (χ4n) is 1.28. The van der Waals surface area contributed by atoms with Crippen molar-refractivity contribution in [3.8, 4) is 17.6 Å². The van der Waals surface area contributed by atoms with Gasteiger partial charge in [0, 0.05) is 6.07 Å². The van der Waals surface area contributed by atoms with Crippen LogP contribution in [0.3, 0.4) is 0 Å². The summed E-state index contributed by atoms with van der Waals surface area (Å²) < 4.78 is 10.2. The minimum absolute atomic E-state index is 0.0201. The average Bonchev–Trinajstić information content (AvgIpc) is 2.28. The standard InChI is InChI=1S/C11H12N2O4/c1-7(2)17-11-8(6-12)4-9(16-3)5-10(11)13(14)15/h4-5,7H,1-3H3. The molecule has 1 aromatic carbocycles. The third kappa shape index (κ3) is 2.84. The molecule has 6 nitrogen and oxygen atoms in total. The predicted molar refractivity (Wildman–Crippen MR) is 60.1 cm³/mol. The van der Waals surface area contributed by atoms with Crippen LogP contribution in [0.2, 0.25) is 0 Å². The Labute approximate surface area is 98.5 Å². The van der Waals surface area contributed by atoms with Gasteiger partial charge in [-0.25, -0.2) is 0 Å². The molecule has 0 aliphatic heterocycles. The van der Waals surface area contributed by atoms with Crippen molar-refractivity contribution >= 4 is 5.69 Å². The number of nitro benzene ring substituents is 1. The van der Waals surface area contributed by atoms with Gasteiger partial charge in [0.05, 0.1) is 24.2 Å². The second-order valence-electron chi connectivity index (χ2n) is 3.56. The third-order valence-corrected chi connectivity index (χ3v) is 1.95. The van der Waals surface area contributed by atoms with Gasteiger partial charge in [0.2, 0.25) is 5.75 Å². The van der Waals surface area contributed by atoms with E-state index in [0.29, 0.717) is 0 Å². The first kappa shape index (κ1) is 12.8. The molecule has 0 saturated carbocycles. The Morgan fingerprint density at radius 3 is 2.53 bits per heavy atom. The molecule has 0 bridgehead atoms. The van der Waals surface area contributed by atoms with Gasteiger partial charge < -0.3 is 9.47 Å². The maximum Gasteiger partial charge on any atom is 0.316 e. The van der Waals surface area contributed by atoms with E-state index < -0.39 is 4.92 Å². The number of rotatable bonds is 4. The van der Waals surface area contributed by atoms with E-state index in [-0.39, 0.29) is 28.9 Å². The number of hydrogen-bond acceptors (Lipinski definition) is 5. The number of hydrogen-bond donors (Lipinski definition) is 0. The lowest BCUT2D eigenvalue weighted by Crippen LogP contribution is -2.09. The summed E-state index contributed by atoms with van der Waals surface area (Å²) in [6.45, 7) is 3.46. The van der Waals surface area contributed by atoms with E-state index in [1.165, 1.54) is 19.2 Å². The molecule has 0 heterocycles. The van der Waals surface area contributed by atoms with E-state index in [9.17, 15) is 10.1 Å². The molecule has 0 aromatic heterocycles. The zero-order valence-corrected chi connectivity index (χ0v) is 9.76. The second-order valence-corrected chi connectivity index (χ2v) is 3.56. The highest BCUT2D eigenvalue weighted by molar-refractivity contribution is 5.60. The van der Waals surface area contributed by atoms with Crippen molar-refractivity contribution < 1.29 is 14.4 Å². The number of nitro groups is 1. The molecule has 0 N–H and O–H groups in total. The van der Waals surface area contributed by atoms with Crippen molar-refractivity contribution in [2.24, 2.45) is 0 Å². The summed E-state index contributed by atoms with van der Waals surface area (Å²) >= 11 is 0. The third-order valence-electron chi connectivity index (χ3n) is 1.95. The summed E-state index contributed by atoms with van der Waals surface area (Å²) in [6, 6.07) is 4.50. The van der Waals surface area contributed by atoms with Gasteiger partial charge in [0.15, 0.2) is 0 Å². The molecular formula is C11H12N2O4. The van der Waals surface area contributed by atoms with Crippen molar-refractivity contribution in [1.29, 1.82) is 5.26 Å². The zero-order valence-electron chi connectivity index (χ0n) is 9.76. The van der Waals surface area contributed by atoms with E-state index in [1.54, 1.807) is 13.8 Å². The van der Waals surface area contributed by atoms with Crippen LogP contribution in [0.15, 0.2) is 12.1 Å². The fourth-order valence-corrected chi connectivity index (χ4v) is 1.28. The minimum atomic E-state index is -0.596. The number of ether oxygens (including phenoxy) is 2. The first-order valence-electron chi connectivity index (χ1n) is 4.92. The highest BCUT2D eigenvalue weighted by Gasteiger charge is 2.22. The Kier molecular flexibility index (Phi) is 3.88. The van der Waals surface area contributed by atoms with Crippen LogP contribution in [-0.4, -0.2) is 18.1 Å². The summed E-state index contributed by atoms with van der Waals surface area (Å²) in [6.07, 6.45) is -0.255. The van der Waals surface area contributed by atoms with Gasteiger partial charge in [-0.15, -0.1) is 0 Å². The second kappa shape index (κ2) is 5.16. The summed E-state index contributed by atoms with van der Waals surface area (Å²) in [7, 11) is 1.38. The largest absolute Gasteiger partial charge is 0.496 e. The van der Waals surface area contributed by atoms with Crippen LogP contribution in [0.4, 0.5) is 5.69 Å². The molecule has 0 amide bonds. The highest BCUT2D eigenvalue weighted by atomic mass is 16.6. The Morgan fingerprint density at radius 2 is 2.12 bits per heavy atom. The molecule has 0 saturated heterocycles. The molecule has 1 aromatic rings. The Balaban J connectivity index is 3.42. The van der Waals surface area contributed by atoms with Crippen molar-refractivity contribution in [3.63, 3.8) is 0 Å². The quantitative estimate of drug-likeness (QED) is 0.591. The van der Waals surface area contributed by atoms with Gasteiger partial charge in [0.1, 0.15) is 17.4 Å². The van der Waals surface area contributed by atoms with E-state index in [1.807, 2.05) is 6.07 Å². The summed E-state index contributed by atoms with van der Waals surface area (Å²) in [5, 5.41) is 19.8. The number of nitrogens with zero attached hydrogens (tertiary/aromatic N) is 2. The molecule has 0 spiro atoms. The molecule has 0 aliphatic rings. The van der Waals surface area contributed by atoms with Crippen molar-refractivity contribution in [3.05, 3.63) is 27.8 Å². The van der Waals surface area contributed by atoms with Crippen LogP contribution >= 0.6 is 0 Å². The van der Waals surface area contributed by atoms with Gasteiger partial charge in [-0.2, -0.15) is 5.26 Å². The average molecular weight is 236 g/mol. The van der Waals surface area contributed by atoms with Crippen LogP contribution in [0.25, 0.3) is 0 Å². The van der Waals surface area contributed by atoms with Gasteiger partial charge in [-0.3, -0.25) is 10.1 Å². The van der Waals surface area contributed by atoms with Crippen LogP contribution in [-0.2, 0) is 0 Å². The smallest absolute Gasteiger partial charge is 0.316 e. The minimum Gasteiger partial charge on any atom is -0.496 e. The van der Waals surface area contributed by atoms with E-state index >= 15 is 0 Å². The van der Waals surface area contributed by atoms with E-state index in [4.69, 9.17) is 14.7 Å². The Morgan fingerprint density at radius 1 is 1.47 bits per heavy atom. The topological polar surface area (TPSA) is 85.4 Å². The molecule has 6 heteroatoms. The summed E-state index contributed by atoms with van der Waals surface area (Å²) in [4.78, 5) is 10.3. The lowest BCUT2D eigenvalue weighted by Gasteiger charge is -2.12. The highest BCUT2D eigenvalue weighted by Crippen LogP contribution is 2.35. The van der Waals surface area contributed by atoms with Crippen molar-refractivity contribution in [2.45, 2.75) is 20.0 Å². The van der Waals surface area contributed by atoms with Gasteiger partial charge in [-0.05, 0) is 13.8 Å². The first-order valence-corrected chi connectivity index (χ1v) is 4.92. The van der Waals surface area contributed by atoms with Crippen LogP contribution in [0.1, 0.15) is 19.4 Å². The number of nitriles is 1. The van der Waals surface area contributed by atoms with Crippen molar-refractivity contribution in [2.75, 3.05) is 7.11 Å². The van der Waals surface area contributed by atoms with Gasteiger partial charge >= 0.3 is 5.69 Å². The SMILES string of the molecule is COc1cc(C#N)c(OC(C)C)c([N+](=O)[O-])c1. The fraction of sp³-hybridized carbons (Fsp3) is 0.364. The maximum absolute atomic E-state index is 10.9. The van der Waals surface area contributed by atoms with E-state index in [0.717, 1.165) is 0 Å². The molecular weight excluding hydrogens is 224 g/mol. The molecule has 0 fully saturated rings. The van der Waals surface area contributed by atoms with Gasteiger partial charge in [-0.1, -0.05) is 0 Å². The molecule has 0 aliphatic carbocycles. The maximum atomic E-state index is 10.9.